The van der Waals surface area contributed by atoms with Crippen LogP contribution in [0.4, 0.5) is 0 Å². The summed E-state index contributed by atoms with van der Waals surface area (Å²) in [6.45, 7) is 3.33. The number of likely N-dealkylation sites (tertiary alicyclic amines) is 1. The second-order valence-electron chi connectivity index (χ2n) is 6.90. The Bertz CT molecular complexity index is 805. The molecule has 1 atom stereocenters. The normalized spacial score (nSPS) is 21.3. The first-order valence-electron chi connectivity index (χ1n) is 9.16. The summed E-state index contributed by atoms with van der Waals surface area (Å²) in [6, 6.07) is 6.28. The molecule has 0 bridgehead atoms. The number of nitrogens with zero attached hydrogens (tertiary/aromatic N) is 2. The molecule has 1 fully saturated rings. The molecule has 9 heteroatoms. The van der Waals surface area contributed by atoms with E-state index < -0.39 is 16.1 Å². The lowest BCUT2D eigenvalue weighted by molar-refractivity contribution is -0.133. The van der Waals surface area contributed by atoms with Crippen molar-refractivity contribution >= 4 is 34.2 Å². The molecule has 0 aromatic heterocycles. The van der Waals surface area contributed by atoms with E-state index >= 15 is 0 Å². The van der Waals surface area contributed by atoms with Crippen LogP contribution in [0.25, 0.3) is 0 Å². The van der Waals surface area contributed by atoms with E-state index in [1.54, 1.807) is 24.3 Å². The molecule has 27 heavy (non-hydrogen) atoms. The van der Waals surface area contributed by atoms with Crippen molar-refractivity contribution in [3.63, 3.8) is 0 Å². The van der Waals surface area contributed by atoms with Crippen molar-refractivity contribution in [2.45, 2.75) is 56.0 Å². The highest BCUT2D eigenvalue weighted by molar-refractivity contribution is 7.90. The lowest BCUT2D eigenvalue weighted by atomic mass is 10.0. The smallest absolute Gasteiger partial charge is 0.263 e. The predicted molar refractivity (Wildman–Crippen MR) is 108 cm³/mol. The third-order valence-electron chi connectivity index (χ3n) is 4.92. The molecule has 3 rings (SSSR count). The maximum Gasteiger partial charge on any atom is 0.263 e. The van der Waals surface area contributed by atoms with Crippen LogP contribution in [0.3, 0.4) is 0 Å². The molecular weight excluding hydrogens is 388 g/mol. The van der Waals surface area contributed by atoms with Gasteiger partial charge in [0.1, 0.15) is 11.9 Å². The molecule has 150 valence electrons. The molecule has 2 aliphatic rings. The molecule has 0 radical (unpaired) electrons. The number of nitrogens with one attached hydrogen (secondary N) is 1. The molecule has 3 N–H and O–H groups in total. The Morgan fingerprint density at radius 3 is 2.67 bits per heavy atom. The van der Waals surface area contributed by atoms with Crippen LogP contribution >= 0.6 is 12.4 Å². The monoisotopic (exact) mass is 414 g/mol. The van der Waals surface area contributed by atoms with Gasteiger partial charge in [-0.2, -0.15) is 0 Å². The van der Waals surface area contributed by atoms with Crippen LogP contribution in [0.2, 0.25) is 0 Å². The highest BCUT2D eigenvalue weighted by atomic mass is 35.5. The van der Waals surface area contributed by atoms with Gasteiger partial charge in [-0.1, -0.05) is 31.9 Å². The highest BCUT2D eigenvalue weighted by Gasteiger charge is 2.33. The van der Waals surface area contributed by atoms with E-state index in [0.29, 0.717) is 25.1 Å². The number of halogens is 1. The van der Waals surface area contributed by atoms with Gasteiger partial charge >= 0.3 is 0 Å². The number of amidine groups is 1. The van der Waals surface area contributed by atoms with Crippen molar-refractivity contribution in [2.24, 2.45) is 10.7 Å². The lowest BCUT2D eigenvalue weighted by Gasteiger charge is -2.32. The number of amides is 1. The van der Waals surface area contributed by atoms with E-state index in [2.05, 4.69) is 16.6 Å². The van der Waals surface area contributed by atoms with Gasteiger partial charge in [0.15, 0.2) is 0 Å². The van der Waals surface area contributed by atoms with Gasteiger partial charge in [0.2, 0.25) is 5.91 Å². The van der Waals surface area contributed by atoms with Crippen LogP contribution in [-0.4, -0.2) is 50.2 Å². The second kappa shape index (κ2) is 9.03. The molecule has 1 saturated heterocycles. The number of hydrogen-bond donors (Lipinski definition) is 2. The zero-order valence-corrected chi connectivity index (χ0v) is 17.1. The number of unbranched alkanes of at least 4 members (excludes halogenated alkanes) is 1. The topological polar surface area (TPSA) is 105 Å². The Balaban J connectivity index is 0.00000261. The number of fused-ring (bicyclic) bond motifs is 1. The molecule has 1 unspecified atom stereocenters. The van der Waals surface area contributed by atoms with Gasteiger partial charge in [-0.05, 0) is 31.4 Å². The Kier molecular flexibility index (Phi) is 7.25. The number of carbonyl (C=O) groups is 1. The van der Waals surface area contributed by atoms with Crippen molar-refractivity contribution in [3.05, 3.63) is 29.8 Å². The largest absolute Gasteiger partial charge is 0.341 e. The van der Waals surface area contributed by atoms with Crippen molar-refractivity contribution < 1.29 is 13.2 Å². The summed E-state index contributed by atoms with van der Waals surface area (Å²) >= 11 is 0. The Morgan fingerprint density at radius 2 is 2.00 bits per heavy atom. The number of nitrogens with two attached hydrogens (primary N) is 1. The minimum absolute atomic E-state index is 0. The van der Waals surface area contributed by atoms with E-state index in [1.807, 2.05) is 4.90 Å². The van der Waals surface area contributed by atoms with Gasteiger partial charge in [0.05, 0.1) is 4.90 Å². The molecule has 0 aliphatic carbocycles. The minimum atomic E-state index is -3.60. The summed E-state index contributed by atoms with van der Waals surface area (Å²) in [5.74, 6) is 0.227. The number of benzene rings is 1. The van der Waals surface area contributed by atoms with E-state index in [-0.39, 0.29) is 35.1 Å². The standard InChI is InChI=1S/C18H26N4O3S.ClH/c1-2-3-7-15(18(23)22-11-9-13(19)10-12-22)20-17-14-6-4-5-8-16(14)26(24,25)21-17;/h4-6,8,13,15H,2-3,7,9-12,19H2,1H3,(H,20,21);1H. The summed E-state index contributed by atoms with van der Waals surface area (Å²) in [4.78, 5) is 19.5. The lowest BCUT2D eigenvalue weighted by Crippen LogP contribution is -2.46. The van der Waals surface area contributed by atoms with E-state index in [0.717, 1.165) is 25.7 Å². The molecule has 1 aromatic carbocycles. The summed E-state index contributed by atoms with van der Waals surface area (Å²) < 4.78 is 27.0. The average Bonchev–Trinajstić information content (AvgIpc) is 2.89. The summed E-state index contributed by atoms with van der Waals surface area (Å²) in [6.07, 6.45) is 3.98. The van der Waals surface area contributed by atoms with Gasteiger partial charge < -0.3 is 10.6 Å². The number of rotatable bonds is 5. The fourth-order valence-electron chi connectivity index (χ4n) is 3.36. The molecule has 1 amide bonds. The van der Waals surface area contributed by atoms with Crippen LogP contribution in [0, 0.1) is 0 Å². The maximum atomic E-state index is 13.0. The van der Waals surface area contributed by atoms with Crippen LogP contribution in [-0.2, 0) is 14.8 Å². The van der Waals surface area contributed by atoms with E-state index in [9.17, 15) is 13.2 Å². The number of carbonyl (C=O) groups excluding carboxylic acids is 1. The van der Waals surface area contributed by atoms with Crippen molar-refractivity contribution in [2.75, 3.05) is 13.1 Å². The Morgan fingerprint density at radius 1 is 1.33 bits per heavy atom. The fourth-order valence-corrected chi connectivity index (χ4v) is 4.60. The predicted octanol–water partition coefficient (Wildman–Crippen LogP) is 1.66. The SMILES string of the molecule is CCCCC(N=C1NS(=O)(=O)c2ccccc21)C(=O)N1CCC(N)CC1.Cl. The van der Waals surface area contributed by atoms with Gasteiger partial charge in [-0.15, -0.1) is 12.4 Å². The van der Waals surface area contributed by atoms with Crippen LogP contribution in [0.5, 0.6) is 0 Å². The van der Waals surface area contributed by atoms with Crippen LogP contribution < -0.4 is 10.5 Å². The third kappa shape index (κ3) is 4.80. The zero-order valence-electron chi connectivity index (χ0n) is 15.4. The first-order chi connectivity index (χ1) is 12.4. The zero-order chi connectivity index (χ0) is 18.7. The summed E-state index contributed by atoms with van der Waals surface area (Å²) in [7, 11) is -3.60. The van der Waals surface area contributed by atoms with Crippen molar-refractivity contribution in [1.82, 2.24) is 9.62 Å². The number of piperidine rings is 1. The van der Waals surface area contributed by atoms with Crippen molar-refractivity contribution in [1.29, 1.82) is 0 Å². The van der Waals surface area contributed by atoms with Crippen molar-refractivity contribution in [3.8, 4) is 0 Å². The molecule has 0 spiro atoms. The summed E-state index contributed by atoms with van der Waals surface area (Å²) in [5, 5.41) is 0. The third-order valence-corrected chi connectivity index (χ3v) is 6.31. The molecule has 2 aliphatic heterocycles. The molecular formula is C18H27ClN4O3S. The van der Waals surface area contributed by atoms with E-state index in [1.165, 1.54) is 0 Å². The quantitative estimate of drug-likeness (QED) is 0.764. The average molecular weight is 415 g/mol. The van der Waals surface area contributed by atoms with Crippen LogP contribution in [0.1, 0.15) is 44.6 Å². The number of sulfonamides is 1. The first-order valence-corrected chi connectivity index (χ1v) is 10.6. The van der Waals surface area contributed by atoms with Gasteiger partial charge in [0.25, 0.3) is 10.0 Å². The molecule has 0 saturated carbocycles. The fraction of sp³-hybridized carbons (Fsp3) is 0.556. The van der Waals surface area contributed by atoms with Gasteiger partial charge in [-0.25, -0.2) is 8.42 Å². The highest BCUT2D eigenvalue weighted by Crippen LogP contribution is 2.24. The first kappa shape index (κ1) is 21.7. The Labute approximate surface area is 166 Å². The maximum absolute atomic E-state index is 13.0. The minimum Gasteiger partial charge on any atom is -0.341 e. The Hall–Kier alpha value is -1.64. The molecule has 2 heterocycles. The number of hydrogen-bond acceptors (Lipinski definition) is 5. The second-order valence-corrected chi connectivity index (χ2v) is 8.55. The van der Waals surface area contributed by atoms with Gasteiger partial charge in [0, 0.05) is 24.7 Å². The van der Waals surface area contributed by atoms with Gasteiger partial charge in [-0.3, -0.25) is 14.5 Å². The molecule has 7 nitrogen and oxygen atoms in total. The van der Waals surface area contributed by atoms with E-state index in [4.69, 9.17) is 5.73 Å². The van der Waals surface area contributed by atoms with Crippen LogP contribution in [0.15, 0.2) is 34.2 Å². The number of aliphatic imine (C=N–C) groups is 1. The summed E-state index contributed by atoms with van der Waals surface area (Å²) in [5.41, 5.74) is 6.46. The molecule has 1 aromatic rings.